The van der Waals surface area contributed by atoms with Crippen molar-refractivity contribution in [2.75, 3.05) is 27.3 Å². The Labute approximate surface area is 134 Å². The van der Waals surface area contributed by atoms with Crippen LogP contribution in [0.25, 0.3) is 0 Å². The summed E-state index contributed by atoms with van der Waals surface area (Å²) in [4.78, 5) is 14.4. The molecule has 21 heavy (non-hydrogen) atoms. The molecule has 4 nitrogen and oxygen atoms in total. The molecule has 0 radical (unpaired) electrons. The van der Waals surface area contributed by atoms with Crippen molar-refractivity contribution in [3.63, 3.8) is 0 Å². The van der Waals surface area contributed by atoms with E-state index in [4.69, 9.17) is 9.47 Å². The number of methoxy groups -OCH3 is 2. The van der Waals surface area contributed by atoms with Crippen molar-refractivity contribution in [1.82, 2.24) is 4.90 Å². The van der Waals surface area contributed by atoms with Crippen LogP contribution >= 0.6 is 15.9 Å². The van der Waals surface area contributed by atoms with Gasteiger partial charge in [0, 0.05) is 18.7 Å². The fourth-order valence-corrected chi connectivity index (χ4v) is 2.92. The Hall–Kier alpha value is -1.49. The van der Waals surface area contributed by atoms with Gasteiger partial charge in [0.05, 0.1) is 24.3 Å². The van der Waals surface area contributed by atoms with Crippen LogP contribution in [0.15, 0.2) is 23.2 Å². The summed E-state index contributed by atoms with van der Waals surface area (Å²) in [6, 6.07) is 1.75. The minimum atomic E-state index is -0.0504. The summed E-state index contributed by atoms with van der Waals surface area (Å²) in [6.45, 7) is 8.97. The Balaban J connectivity index is 3.52. The Kier molecular flexibility index (Phi) is 6.75. The van der Waals surface area contributed by atoms with E-state index < -0.39 is 0 Å². The third-order valence-electron chi connectivity index (χ3n) is 3.32. The van der Waals surface area contributed by atoms with Gasteiger partial charge in [0.2, 0.25) is 0 Å². The summed E-state index contributed by atoms with van der Waals surface area (Å²) >= 11 is 3.47. The van der Waals surface area contributed by atoms with Crippen molar-refractivity contribution in [3.05, 3.63) is 34.3 Å². The van der Waals surface area contributed by atoms with Crippen molar-refractivity contribution in [2.45, 2.75) is 20.3 Å². The van der Waals surface area contributed by atoms with Gasteiger partial charge < -0.3 is 14.4 Å². The highest BCUT2D eigenvalue weighted by Crippen LogP contribution is 2.39. The summed E-state index contributed by atoms with van der Waals surface area (Å²) in [6.07, 6.45) is 2.32. The molecule has 0 atom stereocenters. The Morgan fingerprint density at radius 3 is 2.29 bits per heavy atom. The highest BCUT2D eigenvalue weighted by molar-refractivity contribution is 9.10. The van der Waals surface area contributed by atoms with Crippen LogP contribution in [0.1, 0.15) is 29.8 Å². The van der Waals surface area contributed by atoms with Crippen LogP contribution in [0.2, 0.25) is 0 Å². The van der Waals surface area contributed by atoms with E-state index in [0.717, 1.165) is 10.0 Å². The molecule has 0 aliphatic rings. The first-order valence-corrected chi connectivity index (χ1v) is 7.68. The predicted molar refractivity (Wildman–Crippen MR) is 88.4 cm³/mol. The van der Waals surface area contributed by atoms with Gasteiger partial charge in [-0.05, 0) is 42.3 Å². The van der Waals surface area contributed by atoms with E-state index in [1.54, 1.807) is 31.3 Å². The predicted octanol–water partition coefficient (Wildman–Crippen LogP) is 3.68. The topological polar surface area (TPSA) is 38.8 Å². The number of carbonyl (C=O) groups excluding carboxylic acids is 1. The number of hydrogen-bond acceptors (Lipinski definition) is 3. The summed E-state index contributed by atoms with van der Waals surface area (Å²) < 4.78 is 11.6. The Bertz CT molecular complexity index is 525. The molecule has 0 aliphatic heterocycles. The van der Waals surface area contributed by atoms with Gasteiger partial charge in [0.15, 0.2) is 0 Å². The number of nitrogens with zero attached hydrogens (tertiary/aromatic N) is 1. The first-order valence-electron chi connectivity index (χ1n) is 6.89. The number of ether oxygens (including phenoxy) is 2. The first-order chi connectivity index (χ1) is 10.0. The minimum absolute atomic E-state index is 0.0504. The highest BCUT2D eigenvalue weighted by Gasteiger charge is 2.24. The number of halogens is 1. The lowest BCUT2D eigenvalue weighted by atomic mass is 10.0. The van der Waals surface area contributed by atoms with E-state index in [9.17, 15) is 4.79 Å². The molecular weight excluding hydrogens is 334 g/mol. The molecule has 1 rings (SSSR count). The van der Waals surface area contributed by atoms with Gasteiger partial charge in [-0.1, -0.05) is 6.08 Å². The summed E-state index contributed by atoms with van der Waals surface area (Å²) in [5, 5.41) is 0. The lowest BCUT2D eigenvalue weighted by Crippen LogP contribution is -2.31. The Morgan fingerprint density at radius 2 is 1.86 bits per heavy atom. The molecule has 1 aromatic rings. The smallest absolute Gasteiger partial charge is 0.257 e. The second kappa shape index (κ2) is 8.08. The van der Waals surface area contributed by atoms with E-state index in [0.29, 0.717) is 36.6 Å². The van der Waals surface area contributed by atoms with Crippen LogP contribution < -0.4 is 9.47 Å². The van der Waals surface area contributed by atoms with E-state index in [2.05, 4.69) is 22.5 Å². The minimum Gasteiger partial charge on any atom is -0.495 e. The number of hydrogen-bond donors (Lipinski definition) is 0. The molecule has 0 aliphatic carbocycles. The van der Waals surface area contributed by atoms with Gasteiger partial charge in [0.25, 0.3) is 5.91 Å². The van der Waals surface area contributed by atoms with Gasteiger partial charge in [-0.3, -0.25) is 4.79 Å². The fourth-order valence-electron chi connectivity index (χ4n) is 2.29. The SMILES string of the molecule is C=CCc1c(OC)c(Br)cc(C(=O)N(CC)CC)c1OC. The molecule has 0 spiro atoms. The maximum Gasteiger partial charge on any atom is 0.257 e. The molecule has 0 aromatic heterocycles. The van der Waals surface area contributed by atoms with Gasteiger partial charge in [-0.2, -0.15) is 0 Å². The van der Waals surface area contributed by atoms with E-state index >= 15 is 0 Å². The van der Waals surface area contributed by atoms with Crippen LogP contribution in [0.3, 0.4) is 0 Å². The molecule has 0 saturated heterocycles. The summed E-state index contributed by atoms with van der Waals surface area (Å²) in [5.41, 5.74) is 1.35. The molecule has 5 heteroatoms. The summed E-state index contributed by atoms with van der Waals surface area (Å²) in [7, 11) is 3.16. The largest absolute Gasteiger partial charge is 0.495 e. The van der Waals surface area contributed by atoms with Crippen molar-refractivity contribution in [1.29, 1.82) is 0 Å². The van der Waals surface area contributed by atoms with Crippen LogP contribution in [0, 0.1) is 0 Å². The lowest BCUT2D eigenvalue weighted by Gasteiger charge is -2.22. The number of rotatable bonds is 7. The van der Waals surface area contributed by atoms with Crippen LogP contribution in [0.4, 0.5) is 0 Å². The second-order valence-electron chi connectivity index (χ2n) is 4.42. The molecule has 0 unspecified atom stereocenters. The molecule has 0 fully saturated rings. The average Bonchev–Trinajstić information content (AvgIpc) is 2.48. The third kappa shape index (κ3) is 3.59. The van der Waals surface area contributed by atoms with Gasteiger partial charge >= 0.3 is 0 Å². The normalized spacial score (nSPS) is 10.1. The number of amides is 1. The summed E-state index contributed by atoms with van der Waals surface area (Å²) in [5.74, 6) is 1.17. The number of allylic oxidation sites excluding steroid dienone is 1. The maximum atomic E-state index is 12.7. The maximum absolute atomic E-state index is 12.7. The molecule has 1 aromatic carbocycles. The zero-order valence-corrected chi connectivity index (χ0v) is 14.6. The molecular formula is C16H22BrNO3. The average molecular weight is 356 g/mol. The molecule has 0 heterocycles. The van der Waals surface area contributed by atoms with Crippen molar-refractivity contribution in [3.8, 4) is 11.5 Å². The van der Waals surface area contributed by atoms with E-state index in [1.165, 1.54) is 0 Å². The van der Waals surface area contributed by atoms with Crippen LogP contribution in [-0.4, -0.2) is 38.1 Å². The molecule has 116 valence electrons. The van der Waals surface area contributed by atoms with Crippen LogP contribution in [-0.2, 0) is 6.42 Å². The van der Waals surface area contributed by atoms with Gasteiger partial charge in [-0.15, -0.1) is 6.58 Å². The standard InChI is InChI=1S/C16H22BrNO3/c1-6-9-11-14(20-4)12(10-13(17)15(11)21-5)16(19)18(7-2)8-3/h6,10H,1,7-9H2,2-5H3. The first kappa shape index (κ1) is 17.6. The zero-order valence-electron chi connectivity index (χ0n) is 13.0. The van der Waals surface area contributed by atoms with Gasteiger partial charge in [-0.25, -0.2) is 0 Å². The molecule has 0 N–H and O–H groups in total. The third-order valence-corrected chi connectivity index (χ3v) is 3.91. The van der Waals surface area contributed by atoms with Crippen molar-refractivity contribution >= 4 is 21.8 Å². The van der Waals surface area contributed by atoms with Crippen molar-refractivity contribution in [2.24, 2.45) is 0 Å². The monoisotopic (exact) mass is 355 g/mol. The van der Waals surface area contributed by atoms with E-state index in [-0.39, 0.29) is 5.91 Å². The highest BCUT2D eigenvalue weighted by atomic mass is 79.9. The second-order valence-corrected chi connectivity index (χ2v) is 5.28. The molecule has 1 amide bonds. The lowest BCUT2D eigenvalue weighted by molar-refractivity contribution is 0.0769. The van der Waals surface area contributed by atoms with Crippen LogP contribution in [0.5, 0.6) is 11.5 Å². The molecule has 0 bridgehead atoms. The van der Waals surface area contributed by atoms with Crippen molar-refractivity contribution < 1.29 is 14.3 Å². The van der Waals surface area contributed by atoms with E-state index in [1.807, 2.05) is 13.8 Å². The number of carbonyl (C=O) groups is 1. The zero-order chi connectivity index (χ0) is 16.0. The Morgan fingerprint density at radius 1 is 1.29 bits per heavy atom. The fraction of sp³-hybridized carbons (Fsp3) is 0.438. The number of benzene rings is 1. The van der Waals surface area contributed by atoms with Gasteiger partial charge in [0.1, 0.15) is 11.5 Å². The molecule has 0 saturated carbocycles. The quantitative estimate of drug-likeness (QED) is 0.700.